The van der Waals surface area contributed by atoms with Crippen molar-refractivity contribution in [1.82, 2.24) is 20.4 Å². The van der Waals surface area contributed by atoms with Gasteiger partial charge in [-0.25, -0.2) is 0 Å². The summed E-state index contributed by atoms with van der Waals surface area (Å²) in [5.41, 5.74) is 0.731. The van der Waals surface area contributed by atoms with Crippen molar-refractivity contribution in [1.29, 1.82) is 0 Å². The molecule has 0 radical (unpaired) electrons. The molecule has 3 heterocycles. The van der Waals surface area contributed by atoms with Crippen molar-refractivity contribution in [3.05, 3.63) is 30.2 Å². The maximum atomic E-state index is 5.25. The van der Waals surface area contributed by atoms with E-state index in [0.29, 0.717) is 11.8 Å². The van der Waals surface area contributed by atoms with Gasteiger partial charge < -0.3 is 9.84 Å². The molecule has 0 aromatic carbocycles. The predicted octanol–water partition coefficient (Wildman–Crippen LogP) is 1.60. The predicted molar refractivity (Wildman–Crippen MR) is 62.4 cm³/mol. The quantitative estimate of drug-likeness (QED) is 0.849. The van der Waals surface area contributed by atoms with Gasteiger partial charge in [-0.1, -0.05) is 11.2 Å². The van der Waals surface area contributed by atoms with E-state index < -0.39 is 0 Å². The van der Waals surface area contributed by atoms with Crippen molar-refractivity contribution in [2.24, 2.45) is 0 Å². The van der Waals surface area contributed by atoms with E-state index in [1.165, 1.54) is 0 Å². The van der Waals surface area contributed by atoms with Crippen molar-refractivity contribution < 1.29 is 4.52 Å². The lowest BCUT2D eigenvalue weighted by molar-refractivity contribution is 0.392. The first-order valence-corrected chi connectivity index (χ1v) is 5.89. The normalized spacial score (nSPS) is 20.4. The summed E-state index contributed by atoms with van der Waals surface area (Å²) < 4.78 is 5.25. The molecule has 5 nitrogen and oxygen atoms in total. The Morgan fingerprint density at radius 1 is 1.35 bits per heavy atom. The van der Waals surface area contributed by atoms with Crippen LogP contribution < -0.4 is 5.32 Å². The van der Waals surface area contributed by atoms with E-state index in [0.717, 1.165) is 37.4 Å². The van der Waals surface area contributed by atoms with Gasteiger partial charge in [0.1, 0.15) is 5.69 Å². The smallest absolute Gasteiger partial charge is 0.276 e. The van der Waals surface area contributed by atoms with E-state index >= 15 is 0 Å². The average molecular weight is 230 g/mol. The lowest BCUT2D eigenvalue weighted by Crippen LogP contribution is -2.28. The van der Waals surface area contributed by atoms with Crippen molar-refractivity contribution in [3.8, 4) is 11.6 Å². The first-order chi connectivity index (χ1) is 8.43. The van der Waals surface area contributed by atoms with Gasteiger partial charge in [0.25, 0.3) is 5.89 Å². The standard InChI is InChI=1S/C12H14N4O/c1-2-7-14-10(5-1)12-15-11(16-17-12)9-4-3-6-13-8-9/h1-2,5,7,9,13H,3-4,6,8H2. The van der Waals surface area contributed by atoms with Gasteiger partial charge in [-0.15, -0.1) is 0 Å². The molecule has 0 spiro atoms. The highest BCUT2D eigenvalue weighted by atomic mass is 16.5. The number of aromatic nitrogens is 3. The highest BCUT2D eigenvalue weighted by molar-refractivity contribution is 5.45. The number of piperidine rings is 1. The molecule has 2 aromatic rings. The summed E-state index contributed by atoms with van der Waals surface area (Å²) in [5, 5.41) is 7.40. The molecular weight excluding hydrogens is 216 g/mol. The number of nitrogens with zero attached hydrogens (tertiary/aromatic N) is 3. The van der Waals surface area contributed by atoms with Gasteiger partial charge in [-0.05, 0) is 31.5 Å². The molecule has 0 amide bonds. The molecule has 1 aliphatic heterocycles. The van der Waals surface area contributed by atoms with Gasteiger partial charge in [-0.3, -0.25) is 4.98 Å². The van der Waals surface area contributed by atoms with Crippen LogP contribution >= 0.6 is 0 Å². The summed E-state index contributed by atoms with van der Waals surface area (Å²) in [5.74, 6) is 1.66. The van der Waals surface area contributed by atoms with Crippen LogP contribution in [0.1, 0.15) is 24.6 Å². The number of pyridine rings is 1. The number of hydrogen-bond acceptors (Lipinski definition) is 5. The Morgan fingerprint density at radius 2 is 2.35 bits per heavy atom. The number of nitrogens with one attached hydrogen (secondary N) is 1. The Labute approximate surface area is 99.3 Å². The molecule has 1 unspecified atom stereocenters. The Morgan fingerprint density at radius 3 is 3.12 bits per heavy atom. The average Bonchev–Trinajstić information content (AvgIpc) is 2.90. The molecule has 88 valence electrons. The monoisotopic (exact) mass is 230 g/mol. The van der Waals surface area contributed by atoms with Crippen molar-refractivity contribution >= 4 is 0 Å². The molecule has 0 bridgehead atoms. The second-order valence-electron chi connectivity index (χ2n) is 4.22. The molecule has 1 saturated heterocycles. The lowest BCUT2D eigenvalue weighted by Gasteiger charge is -2.19. The van der Waals surface area contributed by atoms with Crippen LogP contribution in [0.15, 0.2) is 28.9 Å². The minimum atomic E-state index is 0.366. The Balaban J connectivity index is 1.83. The molecule has 2 aromatic heterocycles. The fourth-order valence-corrected chi connectivity index (χ4v) is 2.07. The van der Waals surface area contributed by atoms with Crippen molar-refractivity contribution in [2.45, 2.75) is 18.8 Å². The Kier molecular flexibility index (Phi) is 2.83. The minimum absolute atomic E-state index is 0.366. The third kappa shape index (κ3) is 2.19. The van der Waals surface area contributed by atoms with Crippen LogP contribution in [0.3, 0.4) is 0 Å². The molecule has 17 heavy (non-hydrogen) atoms. The van der Waals surface area contributed by atoms with Crippen LogP contribution in [0, 0.1) is 0 Å². The molecule has 5 heteroatoms. The van der Waals surface area contributed by atoms with Crippen LogP contribution in [-0.4, -0.2) is 28.2 Å². The van der Waals surface area contributed by atoms with E-state index in [-0.39, 0.29) is 0 Å². The molecule has 1 fully saturated rings. The molecule has 1 N–H and O–H groups in total. The molecule has 1 atom stereocenters. The third-order valence-corrected chi connectivity index (χ3v) is 2.99. The van der Waals surface area contributed by atoms with Gasteiger partial charge in [-0.2, -0.15) is 4.98 Å². The highest BCUT2D eigenvalue weighted by Gasteiger charge is 2.21. The first-order valence-electron chi connectivity index (χ1n) is 5.89. The van der Waals surface area contributed by atoms with Gasteiger partial charge >= 0.3 is 0 Å². The van der Waals surface area contributed by atoms with Crippen LogP contribution in [0.4, 0.5) is 0 Å². The van der Waals surface area contributed by atoms with E-state index in [2.05, 4.69) is 20.4 Å². The van der Waals surface area contributed by atoms with Gasteiger partial charge in [0.05, 0.1) is 0 Å². The van der Waals surface area contributed by atoms with Crippen LogP contribution in [0.25, 0.3) is 11.6 Å². The molecular formula is C12H14N4O. The molecule has 1 aliphatic rings. The van der Waals surface area contributed by atoms with Gasteiger partial charge in [0.15, 0.2) is 5.82 Å². The summed E-state index contributed by atoms with van der Waals surface area (Å²) in [7, 11) is 0. The lowest BCUT2D eigenvalue weighted by atomic mass is 9.99. The number of rotatable bonds is 2. The molecule has 0 aliphatic carbocycles. The van der Waals surface area contributed by atoms with Crippen molar-refractivity contribution in [2.75, 3.05) is 13.1 Å². The highest BCUT2D eigenvalue weighted by Crippen LogP contribution is 2.22. The zero-order chi connectivity index (χ0) is 11.5. The second-order valence-corrected chi connectivity index (χ2v) is 4.22. The molecule has 0 saturated carbocycles. The largest absolute Gasteiger partial charge is 0.332 e. The Bertz CT molecular complexity index is 476. The fraction of sp³-hybridized carbons (Fsp3) is 0.417. The maximum absolute atomic E-state index is 5.25. The van der Waals surface area contributed by atoms with Gasteiger partial charge in [0.2, 0.25) is 0 Å². The first kappa shape index (κ1) is 10.4. The summed E-state index contributed by atoms with van der Waals surface area (Å²) in [4.78, 5) is 8.62. The Hall–Kier alpha value is -1.75. The van der Waals surface area contributed by atoms with Gasteiger partial charge in [0, 0.05) is 18.7 Å². The SMILES string of the molecule is c1ccc(-c2nc(C3CCCNC3)no2)nc1. The third-order valence-electron chi connectivity index (χ3n) is 2.99. The topological polar surface area (TPSA) is 63.8 Å². The van der Waals surface area contributed by atoms with Crippen molar-refractivity contribution in [3.63, 3.8) is 0 Å². The zero-order valence-corrected chi connectivity index (χ0v) is 9.47. The fourth-order valence-electron chi connectivity index (χ4n) is 2.07. The summed E-state index contributed by atoms with van der Waals surface area (Å²) in [6.07, 6.45) is 4.01. The summed E-state index contributed by atoms with van der Waals surface area (Å²) >= 11 is 0. The van der Waals surface area contributed by atoms with E-state index in [4.69, 9.17) is 4.52 Å². The summed E-state index contributed by atoms with van der Waals surface area (Å²) in [6.45, 7) is 2.02. The second kappa shape index (κ2) is 4.63. The minimum Gasteiger partial charge on any atom is -0.332 e. The van der Waals surface area contributed by atoms with E-state index in [9.17, 15) is 0 Å². The van der Waals surface area contributed by atoms with Crippen LogP contribution in [0.2, 0.25) is 0 Å². The van der Waals surface area contributed by atoms with Crippen LogP contribution in [-0.2, 0) is 0 Å². The van der Waals surface area contributed by atoms with E-state index in [1.54, 1.807) is 6.20 Å². The maximum Gasteiger partial charge on any atom is 0.276 e. The van der Waals surface area contributed by atoms with Crippen LogP contribution in [0.5, 0.6) is 0 Å². The zero-order valence-electron chi connectivity index (χ0n) is 9.47. The number of hydrogen-bond donors (Lipinski definition) is 1. The summed E-state index contributed by atoms with van der Waals surface area (Å²) in [6, 6.07) is 5.65. The molecule has 3 rings (SSSR count). The van der Waals surface area contributed by atoms with E-state index in [1.807, 2.05) is 18.2 Å².